The number of rotatable bonds is 10. The molecule has 1 rings (SSSR count). The van der Waals surface area contributed by atoms with Crippen LogP contribution < -0.4 is 5.32 Å². The van der Waals surface area contributed by atoms with E-state index >= 15 is 0 Å². The maximum Gasteiger partial charge on any atom is 0.0406 e. The maximum absolute atomic E-state index is 5.97. The highest BCUT2D eigenvalue weighted by Crippen LogP contribution is 2.19. The largest absolute Gasteiger partial charge is 0.310 e. The molecule has 0 aliphatic rings. The molecule has 1 aromatic rings. The van der Waals surface area contributed by atoms with Gasteiger partial charge in [0.25, 0.3) is 0 Å². The summed E-state index contributed by atoms with van der Waals surface area (Å²) in [4.78, 5) is 4.66. The van der Waals surface area contributed by atoms with Crippen molar-refractivity contribution in [3.63, 3.8) is 0 Å². The number of nitrogens with zero attached hydrogens (tertiary/aromatic N) is 2. The first-order valence-corrected chi connectivity index (χ1v) is 8.22. The van der Waals surface area contributed by atoms with Gasteiger partial charge in [0, 0.05) is 11.1 Å². The third kappa shape index (κ3) is 7.82. The molecule has 0 saturated carbocycles. The third-order valence-electron chi connectivity index (χ3n) is 3.67. The summed E-state index contributed by atoms with van der Waals surface area (Å²) in [7, 11) is 6.46. The van der Waals surface area contributed by atoms with Crippen molar-refractivity contribution in [2.24, 2.45) is 0 Å². The summed E-state index contributed by atoms with van der Waals surface area (Å²) in [6.07, 6.45) is 2.34. The third-order valence-corrected chi connectivity index (χ3v) is 3.92. The van der Waals surface area contributed by atoms with E-state index < -0.39 is 0 Å². The van der Waals surface area contributed by atoms with Gasteiger partial charge in [-0.2, -0.15) is 0 Å². The molecule has 0 fully saturated rings. The zero-order chi connectivity index (χ0) is 15.7. The molecular weight excluding hydrogens is 282 g/mol. The fourth-order valence-electron chi connectivity index (χ4n) is 2.45. The predicted molar refractivity (Wildman–Crippen MR) is 93.2 cm³/mol. The Hall–Kier alpha value is -0.610. The minimum atomic E-state index is 0.406. The van der Waals surface area contributed by atoms with Gasteiger partial charge in [-0.05, 0) is 77.9 Å². The fourth-order valence-corrected chi connectivity index (χ4v) is 2.57. The van der Waals surface area contributed by atoms with Crippen LogP contribution in [0.4, 0.5) is 0 Å². The molecule has 1 unspecified atom stereocenters. The minimum absolute atomic E-state index is 0.406. The lowest BCUT2D eigenvalue weighted by Gasteiger charge is -2.23. The second kappa shape index (κ2) is 10.2. The Labute approximate surface area is 135 Å². The van der Waals surface area contributed by atoms with Crippen LogP contribution in [0.1, 0.15) is 31.4 Å². The van der Waals surface area contributed by atoms with Crippen molar-refractivity contribution < 1.29 is 0 Å². The Balaban J connectivity index is 2.42. The molecule has 0 radical (unpaired) electrons. The van der Waals surface area contributed by atoms with Crippen molar-refractivity contribution in [3.8, 4) is 0 Å². The van der Waals surface area contributed by atoms with Gasteiger partial charge in [0.05, 0.1) is 0 Å². The second-order valence-corrected chi connectivity index (χ2v) is 6.35. The van der Waals surface area contributed by atoms with Gasteiger partial charge >= 0.3 is 0 Å². The smallest absolute Gasteiger partial charge is 0.0406 e. The van der Waals surface area contributed by atoms with E-state index in [9.17, 15) is 0 Å². The van der Waals surface area contributed by atoms with E-state index in [1.807, 2.05) is 12.1 Å². The summed E-state index contributed by atoms with van der Waals surface area (Å²) in [6.45, 7) is 6.55. The van der Waals surface area contributed by atoms with Crippen molar-refractivity contribution in [1.82, 2.24) is 15.1 Å². The first-order valence-electron chi connectivity index (χ1n) is 7.85. The molecule has 120 valence electrons. The summed E-state index contributed by atoms with van der Waals surface area (Å²) in [5.41, 5.74) is 1.32. The quantitative estimate of drug-likeness (QED) is 0.715. The maximum atomic E-state index is 5.97. The van der Waals surface area contributed by atoms with Gasteiger partial charge in [-0.3, -0.25) is 0 Å². The predicted octanol–water partition coefficient (Wildman–Crippen LogP) is 3.26. The molecule has 0 aliphatic carbocycles. The number of benzene rings is 1. The van der Waals surface area contributed by atoms with Gasteiger partial charge in [-0.1, -0.05) is 30.7 Å². The van der Waals surface area contributed by atoms with E-state index in [-0.39, 0.29) is 0 Å². The number of halogens is 1. The summed E-state index contributed by atoms with van der Waals surface area (Å²) in [5, 5.41) is 4.37. The van der Waals surface area contributed by atoms with Gasteiger partial charge in [0.1, 0.15) is 0 Å². The van der Waals surface area contributed by atoms with Gasteiger partial charge in [-0.25, -0.2) is 0 Å². The molecule has 0 spiro atoms. The van der Waals surface area contributed by atoms with Crippen LogP contribution in [0.25, 0.3) is 0 Å². The number of hydrogen-bond donors (Lipinski definition) is 1. The lowest BCUT2D eigenvalue weighted by atomic mass is 10.0. The molecule has 0 saturated heterocycles. The Morgan fingerprint density at radius 3 is 2.29 bits per heavy atom. The lowest BCUT2D eigenvalue weighted by Crippen LogP contribution is -2.29. The zero-order valence-corrected chi connectivity index (χ0v) is 14.7. The van der Waals surface area contributed by atoms with Crippen molar-refractivity contribution in [2.75, 3.05) is 47.3 Å². The molecular formula is C17H30ClN3. The number of nitrogens with one attached hydrogen (secondary N) is 1. The SMILES string of the molecule is CCNC(CCN(C)CCCN(C)C)c1ccc(Cl)cc1. The average Bonchev–Trinajstić information content (AvgIpc) is 2.44. The molecule has 21 heavy (non-hydrogen) atoms. The Morgan fingerprint density at radius 1 is 1.05 bits per heavy atom. The normalized spacial score (nSPS) is 13.1. The molecule has 0 aliphatic heterocycles. The fraction of sp³-hybridized carbons (Fsp3) is 0.647. The van der Waals surface area contributed by atoms with Gasteiger partial charge < -0.3 is 15.1 Å². The first-order chi connectivity index (χ1) is 10.0. The summed E-state index contributed by atoms with van der Waals surface area (Å²) in [6, 6.07) is 8.61. The van der Waals surface area contributed by atoms with E-state index in [2.05, 4.69) is 55.3 Å². The zero-order valence-electron chi connectivity index (χ0n) is 13.9. The van der Waals surface area contributed by atoms with Gasteiger partial charge in [0.2, 0.25) is 0 Å². The Kier molecular flexibility index (Phi) is 8.93. The van der Waals surface area contributed by atoms with Crippen LogP contribution in [-0.2, 0) is 0 Å². The van der Waals surface area contributed by atoms with E-state index in [1.54, 1.807) is 0 Å². The average molecular weight is 312 g/mol. The second-order valence-electron chi connectivity index (χ2n) is 5.91. The summed E-state index contributed by atoms with van der Waals surface area (Å²) in [5.74, 6) is 0. The van der Waals surface area contributed by atoms with Crippen LogP contribution in [-0.4, -0.2) is 57.1 Å². The van der Waals surface area contributed by atoms with E-state index in [4.69, 9.17) is 11.6 Å². The molecule has 1 atom stereocenters. The van der Waals surface area contributed by atoms with Crippen molar-refractivity contribution in [1.29, 1.82) is 0 Å². The van der Waals surface area contributed by atoms with E-state index in [0.29, 0.717) is 6.04 Å². The van der Waals surface area contributed by atoms with Crippen LogP contribution in [0, 0.1) is 0 Å². The van der Waals surface area contributed by atoms with E-state index in [0.717, 1.165) is 37.6 Å². The highest BCUT2D eigenvalue weighted by Gasteiger charge is 2.11. The van der Waals surface area contributed by atoms with Crippen LogP contribution in [0.3, 0.4) is 0 Å². The summed E-state index contributed by atoms with van der Waals surface area (Å²) >= 11 is 5.97. The minimum Gasteiger partial charge on any atom is -0.310 e. The van der Waals surface area contributed by atoms with Crippen LogP contribution in [0.5, 0.6) is 0 Å². The standard InChI is InChI=1S/C17H30ClN3/c1-5-19-17(15-7-9-16(18)10-8-15)11-14-21(4)13-6-12-20(2)3/h7-10,17,19H,5-6,11-14H2,1-4H3. The monoisotopic (exact) mass is 311 g/mol. The number of hydrogen-bond acceptors (Lipinski definition) is 3. The highest BCUT2D eigenvalue weighted by atomic mass is 35.5. The van der Waals surface area contributed by atoms with Crippen molar-refractivity contribution in [3.05, 3.63) is 34.9 Å². The van der Waals surface area contributed by atoms with Crippen molar-refractivity contribution >= 4 is 11.6 Å². The Bertz CT molecular complexity index is 378. The molecule has 1 N–H and O–H groups in total. The van der Waals surface area contributed by atoms with Crippen LogP contribution >= 0.6 is 11.6 Å². The van der Waals surface area contributed by atoms with Gasteiger partial charge in [0.15, 0.2) is 0 Å². The first kappa shape index (κ1) is 18.4. The molecule has 0 heterocycles. The lowest BCUT2D eigenvalue weighted by molar-refractivity contribution is 0.284. The molecule has 0 amide bonds. The molecule has 4 heteroatoms. The highest BCUT2D eigenvalue weighted by molar-refractivity contribution is 6.30. The summed E-state index contributed by atoms with van der Waals surface area (Å²) < 4.78 is 0. The topological polar surface area (TPSA) is 18.5 Å². The molecule has 0 bridgehead atoms. The van der Waals surface area contributed by atoms with Crippen LogP contribution in [0.15, 0.2) is 24.3 Å². The van der Waals surface area contributed by atoms with E-state index in [1.165, 1.54) is 12.0 Å². The van der Waals surface area contributed by atoms with Gasteiger partial charge in [-0.15, -0.1) is 0 Å². The van der Waals surface area contributed by atoms with Crippen molar-refractivity contribution in [2.45, 2.75) is 25.8 Å². The molecule has 3 nitrogen and oxygen atoms in total. The molecule has 0 aromatic heterocycles. The Morgan fingerprint density at radius 2 is 1.71 bits per heavy atom. The van der Waals surface area contributed by atoms with Crippen LogP contribution in [0.2, 0.25) is 5.02 Å². The molecule has 1 aromatic carbocycles.